The zero-order valence-corrected chi connectivity index (χ0v) is 8.70. The molecule has 0 aliphatic rings. The summed E-state index contributed by atoms with van der Waals surface area (Å²) in [6.07, 6.45) is 1.59. The normalized spacial score (nSPS) is 9.93. The van der Waals surface area contributed by atoms with Crippen molar-refractivity contribution in [2.45, 2.75) is 0 Å². The third-order valence-electron chi connectivity index (χ3n) is 1.89. The number of hydrogen-bond donors (Lipinski definition) is 2. The van der Waals surface area contributed by atoms with Gasteiger partial charge >= 0.3 is 0 Å². The Morgan fingerprint density at radius 3 is 2.73 bits per heavy atom. The van der Waals surface area contributed by atoms with E-state index < -0.39 is 0 Å². The molecule has 0 aliphatic heterocycles. The van der Waals surface area contributed by atoms with Crippen LogP contribution in [-0.2, 0) is 0 Å². The van der Waals surface area contributed by atoms with Crippen LogP contribution in [0.25, 0.3) is 0 Å². The molecule has 0 bridgehead atoms. The SMILES string of the molecule is Nc1cccc(Nc2ccc(Cl)cn2)c1. The van der Waals surface area contributed by atoms with Crippen LogP contribution in [0.3, 0.4) is 0 Å². The fourth-order valence-electron chi connectivity index (χ4n) is 1.21. The molecule has 0 atom stereocenters. The van der Waals surface area contributed by atoms with Gasteiger partial charge in [-0.05, 0) is 30.3 Å². The molecule has 0 saturated heterocycles. The summed E-state index contributed by atoms with van der Waals surface area (Å²) in [5, 5.41) is 3.74. The van der Waals surface area contributed by atoms with Gasteiger partial charge in [-0.1, -0.05) is 17.7 Å². The summed E-state index contributed by atoms with van der Waals surface area (Å²) in [5.41, 5.74) is 7.28. The van der Waals surface area contributed by atoms with Crippen LogP contribution in [0.1, 0.15) is 0 Å². The van der Waals surface area contributed by atoms with E-state index in [0.29, 0.717) is 10.7 Å². The van der Waals surface area contributed by atoms with Gasteiger partial charge < -0.3 is 11.1 Å². The number of nitrogen functional groups attached to an aromatic ring is 1. The van der Waals surface area contributed by atoms with Crippen molar-refractivity contribution in [3.63, 3.8) is 0 Å². The van der Waals surface area contributed by atoms with Crippen molar-refractivity contribution in [3.8, 4) is 0 Å². The third-order valence-corrected chi connectivity index (χ3v) is 2.11. The fourth-order valence-corrected chi connectivity index (χ4v) is 1.33. The molecule has 2 aromatic rings. The lowest BCUT2D eigenvalue weighted by Crippen LogP contribution is -1.93. The molecule has 0 aliphatic carbocycles. The van der Waals surface area contributed by atoms with Crippen molar-refractivity contribution >= 4 is 28.8 Å². The zero-order valence-electron chi connectivity index (χ0n) is 7.94. The Balaban J connectivity index is 2.18. The fraction of sp³-hybridized carbons (Fsp3) is 0. The van der Waals surface area contributed by atoms with Gasteiger partial charge in [-0.2, -0.15) is 0 Å². The van der Waals surface area contributed by atoms with E-state index in [0.717, 1.165) is 11.5 Å². The summed E-state index contributed by atoms with van der Waals surface area (Å²) in [6.45, 7) is 0. The highest BCUT2D eigenvalue weighted by Gasteiger charge is 1.96. The number of benzene rings is 1. The number of nitrogens with one attached hydrogen (secondary N) is 1. The topological polar surface area (TPSA) is 50.9 Å². The molecule has 0 unspecified atom stereocenters. The molecule has 15 heavy (non-hydrogen) atoms. The first-order valence-corrected chi connectivity index (χ1v) is 4.86. The van der Waals surface area contributed by atoms with Crippen molar-refractivity contribution in [3.05, 3.63) is 47.6 Å². The molecule has 0 saturated carbocycles. The van der Waals surface area contributed by atoms with E-state index in [2.05, 4.69) is 10.3 Å². The van der Waals surface area contributed by atoms with E-state index in [1.54, 1.807) is 12.3 Å². The number of halogens is 1. The lowest BCUT2D eigenvalue weighted by atomic mass is 10.3. The van der Waals surface area contributed by atoms with Gasteiger partial charge in [0, 0.05) is 17.6 Å². The molecule has 3 N–H and O–H groups in total. The van der Waals surface area contributed by atoms with E-state index in [4.69, 9.17) is 17.3 Å². The largest absolute Gasteiger partial charge is 0.399 e. The molecule has 0 radical (unpaired) electrons. The molecule has 1 heterocycles. The van der Waals surface area contributed by atoms with Gasteiger partial charge in [-0.15, -0.1) is 0 Å². The Kier molecular flexibility index (Phi) is 2.74. The van der Waals surface area contributed by atoms with E-state index in [1.807, 2.05) is 30.3 Å². The first kappa shape index (κ1) is 9.80. The van der Waals surface area contributed by atoms with E-state index >= 15 is 0 Å². The maximum atomic E-state index is 5.73. The minimum absolute atomic E-state index is 0.619. The number of rotatable bonds is 2. The van der Waals surface area contributed by atoms with E-state index in [1.165, 1.54) is 0 Å². The lowest BCUT2D eigenvalue weighted by Gasteiger charge is -2.05. The van der Waals surface area contributed by atoms with Gasteiger partial charge in [0.2, 0.25) is 0 Å². The first-order chi connectivity index (χ1) is 7.24. The highest BCUT2D eigenvalue weighted by atomic mass is 35.5. The molecule has 76 valence electrons. The average molecular weight is 220 g/mol. The van der Waals surface area contributed by atoms with Crippen molar-refractivity contribution in [1.82, 2.24) is 4.98 Å². The number of nitrogens with zero attached hydrogens (tertiary/aromatic N) is 1. The minimum Gasteiger partial charge on any atom is -0.399 e. The van der Waals surface area contributed by atoms with Crippen LogP contribution < -0.4 is 11.1 Å². The maximum absolute atomic E-state index is 5.73. The molecule has 0 fully saturated rings. The molecule has 1 aromatic carbocycles. The van der Waals surface area contributed by atoms with Crippen molar-refractivity contribution in [1.29, 1.82) is 0 Å². The highest BCUT2D eigenvalue weighted by Crippen LogP contribution is 2.17. The molecule has 2 rings (SSSR count). The predicted molar refractivity (Wildman–Crippen MR) is 63.4 cm³/mol. The van der Waals surface area contributed by atoms with Crippen LogP contribution in [-0.4, -0.2) is 4.98 Å². The Bertz CT molecular complexity index is 454. The van der Waals surface area contributed by atoms with E-state index in [-0.39, 0.29) is 0 Å². The van der Waals surface area contributed by atoms with Crippen LogP contribution in [0.4, 0.5) is 17.2 Å². The number of anilines is 3. The summed E-state index contributed by atoms with van der Waals surface area (Å²) >= 11 is 5.73. The number of pyridine rings is 1. The van der Waals surface area contributed by atoms with E-state index in [9.17, 15) is 0 Å². The Hall–Kier alpha value is -1.74. The molecule has 1 aromatic heterocycles. The second kappa shape index (κ2) is 4.19. The Morgan fingerprint density at radius 2 is 2.07 bits per heavy atom. The van der Waals surface area contributed by atoms with Gasteiger partial charge in [-0.25, -0.2) is 4.98 Å². The highest BCUT2D eigenvalue weighted by molar-refractivity contribution is 6.30. The minimum atomic E-state index is 0.619. The Labute approximate surface area is 92.9 Å². The second-order valence-corrected chi connectivity index (χ2v) is 3.55. The van der Waals surface area contributed by atoms with Crippen molar-refractivity contribution in [2.24, 2.45) is 0 Å². The summed E-state index contributed by atoms with van der Waals surface area (Å²) in [4.78, 5) is 4.12. The summed E-state index contributed by atoms with van der Waals surface area (Å²) in [6, 6.07) is 11.1. The number of nitrogens with two attached hydrogens (primary N) is 1. The third kappa shape index (κ3) is 2.60. The average Bonchev–Trinajstić information content (AvgIpc) is 2.22. The van der Waals surface area contributed by atoms with Gasteiger partial charge in [0.05, 0.1) is 5.02 Å². The Morgan fingerprint density at radius 1 is 1.20 bits per heavy atom. The van der Waals surface area contributed by atoms with Crippen LogP contribution in [0.15, 0.2) is 42.6 Å². The smallest absolute Gasteiger partial charge is 0.130 e. The van der Waals surface area contributed by atoms with Crippen LogP contribution >= 0.6 is 11.6 Å². The molecule has 0 spiro atoms. The molecule has 3 nitrogen and oxygen atoms in total. The molecule has 0 amide bonds. The van der Waals surface area contributed by atoms with Crippen LogP contribution in [0.2, 0.25) is 5.02 Å². The van der Waals surface area contributed by atoms with Crippen molar-refractivity contribution < 1.29 is 0 Å². The molecular formula is C11H10ClN3. The van der Waals surface area contributed by atoms with Crippen LogP contribution in [0, 0.1) is 0 Å². The molecular weight excluding hydrogens is 210 g/mol. The van der Waals surface area contributed by atoms with Crippen molar-refractivity contribution in [2.75, 3.05) is 11.1 Å². The summed E-state index contributed by atoms with van der Waals surface area (Å²) in [5.74, 6) is 0.741. The lowest BCUT2D eigenvalue weighted by molar-refractivity contribution is 1.31. The maximum Gasteiger partial charge on any atom is 0.130 e. The zero-order chi connectivity index (χ0) is 10.7. The number of hydrogen-bond acceptors (Lipinski definition) is 3. The predicted octanol–water partition coefficient (Wildman–Crippen LogP) is 3.06. The summed E-state index contributed by atoms with van der Waals surface area (Å²) < 4.78 is 0. The quantitative estimate of drug-likeness (QED) is 0.764. The first-order valence-electron chi connectivity index (χ1n) is 4.48. The molecule has 4 heteroatoms. The number of aromatic nitrogens is 1. The van der Waals surface area contributed by atoms with Gasteiger partial charge in [0.25, 0.3) is 0 Å². The van der Waals surface area contributed by atoms with Crippen LogP contribution in [0.5, 0.6) is 0 Å². The standard InChI is InChI=1S/C11H10ClN3/c12-8-4-5-11(14-7-8)15-10-3-1-2-9(13)6-10/h1-7H,13H2,(H,14,15). The monoisotopic (exact) mass is 219 g/mol. The second-order valence-electron chi connectivity index (χ2n) is 3.11. The van der Waals surface area contributed by atoms with Gasteiger partial charge in [0.15, 0.2) is 0 Å². The van der Waals surface area contributed by atoms with Gasteiger partial charge in [-0.3, -0.25) is 0 Å². The van der Waals surface area contributed by atoms with Gasteiger partial charge in [0.1, 0.15) is 5.82 Å². The summed E-state index contributed by atoms with van der Waals surface area (Å²) in [7, 11) is 0.